The average Bonchev–Trinajstić information content (AvgIpc) is 3.84. The van der Waals surface area contributed by atoms with Crippen molar-refractivity contribution in [1.29, 1.82) is 0 Å². The normalized spacial score (nSPS) is 12.0. The maximum atomic E-state index is 6.95. The van der Waals surface area contributed by atoms with Crippen LogP contribution in [-0.4, -0.2) is 9.55 Å². The maximum Gasteiger partial charge on any atom is 0.150 e. The molecular formula is C45H36N2O2. The molecule has 0 aliphatic carbocycles. The van der Waals surface area contributed by atoms with Crippen LogP contribution in [0.25, 0.3) is 83.5 Å². The SMILES string of the molecule is CC(C)c1cccc(C(C)C)c1-n1c(-c2cc3cc(-c4ccccc4)oc3c3c2oc2cc(-c4ccccc4)ccc23)nc2ccccc21. The molecule has 0 saturated carbocycles. The Morgan fingerprint density at radius 1 is 0.571 bits per heavy atom. The summed E-state index contributed by atoms with van der Waals surface area (Å²) in [5.41, 5.74) is 12.4. The topological polar surface area (TPSA) is 44.1 Å². The molecule has 4 heteroatoms. The van der Waals surface area contributed by atoms with E-state index in [9.17, 15) is 0 Å². The molecule has 238 valence electrons. The van der Waals surface area contributed by atoms with Gasteiger partial charge in [0.25, 0.3) is 0 Å². The van der Waals surface area contributed by atoms with E-state index in [1.54, 1.807) is 0 Å². The Morgan fingerprint density at radius 3 is 1.96 bits per heavy atom. The van der Waals surface area contributed by atoms with Crippen LogP contribution in [-0.2, 0) is 0 Å². The number of rotatable bonds is 6. The second-order valence-electron chi connectivity index (χ2n) is 13.6. The minimum absolute atomic E-state index is 0.315. The van der Waals surface area contributed by atoms with Crippen molar-refractivity contribution in [2.24, 2.45) is 0 Å². The molecule has 3 aromatic heterocycles. The number of furan rings is 2. The van der Waals surface area contributed by atoms with E-state index in [0.29, 0.717) is 11.8 Å². The van der Waals surface area contributed by atoms with Gasteiger partial charge in [-0.1, -0.05) is 125 Å². The third-order valence-corrected chi connectivity index (χ3v) is 9.76. The van der Waals surface area contributed by atoms with E-state index in [1.165, 1.54) is 16.8 Å². The van der Waals surface area contributed by atoms with Gasteiger partial charge >= 0.3 is 0 Å². The fraction of sp³-hybridized carbons (Fsp3) is 0.133. The monoisotopic (exact) mass is 636 g/mol. The van der Waals surface area contributed by atoms with Crippen LogP contribution in [0.15, 0.2) is 142 Å². The first-order chi connectivity index (χ1) is 24.0. The zero-order valence-corrected chi connectivity index (χ0v) is 28.1. The van der Waals surface area contributed by atoms with E-state index < -0.39 is 0 Å². The third-order valence-electron chi connectivity index (χ3n) is 9.76. The number of fused-ring (bicyclic) bond motifs is 6. The zero-order valence-electron chi connectivity index (χ0n) is 28.1. The molecule has 0 unspecified atom stereocenters. The summed E-state index contributed by atoms with van der Waals surface area (Å²) in [5.74, 6) is 2.31. The molecule has 0 fully saturated rings. The Balaban J connectivity index is 1.41. The summed E-state index contributed by atoms with van der Waals surface area (Å²) in [7, 11) is 0. The van der Waals surface area contributed by atoms with Crippen LogP contribution in [0.2, 0.25) is 0 Å². The molecule has 0 N–H and O–H groups in total. The van der Waals surface area contributed by atoms with E-state index in [1.807, 2.05) is 24.3 Å². The quantitative estimate of drug-likeness (QED) is 0.182. The molecule has 0 saturated heterocycles. The first kappa shape index (κ1) is 29.3. The van der Waals surface area contributed by atoms with Gasteiger partial charge in [0, 0.05) is 16.3 Å². The van der Waals surface area contributed by atoms with E-state index in [0.717, 1.165) is 77.8 Å². The molecule has 3 heterocycles. The van der Waals surface area contributed by atoms with Crippen molar-refractivity contribution in [2.45, 2.75) is 39.5 Å². The van der Waals surface area contributed by atoms with Gasteiger partial charge in [0.05, 0.1) is 27.7 Å². The summed E-state index contributed by atoms with van der Waals surface area (Å²) in [6.45, 7) is 9.08. The molecule has 9 aromatic rings. The highest BCUT2D eigenvalue weighted by Crippen LogP contribution is 2.46. The first-order valence-corrected chi connectivity index (χ1v) is 17.1. The standard InChI is InChI=1S/C45H36N2O2/c1-27(2)33-18-13-19-34(28(3)4)42(33)47-38-21-12-11-20-37(38)46-45(47)36-24-32-26-39(30-16-9-6-10-17-30)48-43(32)41-35-23-22-31(25-40(35)49-44(36)41)29-14-7-5-8-15-29/h5-28H,1-4H3. The Bertz CT molecular complexity index is 2630. The number of hydrogen-bond acceptors (Lipinski definition) is 3. The molecule has 0 amide bonds. The number of aromatic nitrogens is 2. The summed E-state index contributed by atoms with van der Waals surface area (Å²) in [6, 6.07) is 46.8. The van der Waals surface area contributed by atoms with Crippen molar-refractivity contribution >= 4 is 43.9 Å². The number of benzene rings is 6. The second-order valence-corrected chi connectivity index (χ2v) is 13.6. The van der Waals surface area contributed by atoms with Crippen LogP contribution in [0.3, 0.4) is 0 Å². The third kappa shape index (κ3) is 4.70. The van der Waals surface area contributed by atoms with E-state index in [2.05, 4.69) is 141 Å². The van der Waals surface area contributed by atoms with Gasteiger partial charge in [-0.25, -0.2) is 4.98 Å². The molecule has 0 aliphatic rings. The molecule has 0 atom stereocenters. The van der Waals surface area contributed by atoms with Gasteiger partial charge in [-0.05, 0) is 70.5 Å². The van der Waals surface area contributed by atoms with Crippen LogP contribution in [0, 0.1) is 0 Å². The summed E-state index contributed by atoms with van der Waals surface area (Å²) in [5, 5.41) is 2.99. The summed E-state index contributed by atoms with van der Waals surface area (Å²) in [6.07, 6.45) is 0. The van der Waals surface area contributed by atoms with E-state index >= 15 is 0 Å². The highest BCUT2D eigenvalue weighted by atomic mass is 16.3. The van der Waals surface area contributed by atoms with Gasteiger partial charge < -0.3 is 8.83 Å². The van der Waals surface area contributed by atoms with Crippen LogP contribution >= 0.6 is 0 Å². The van der Waals surface area contributed by atoms with Crippen molar-refractivity contribution in [3.63, 3.8) is 0 Å². The number of para-hydroxylation sites is 3. The molecule has 0 bridgehead atoms. The van der Waals surface area contributed by atoms with Gasteiger partial charge in [-0.3, -0.25) is 4.57 Å². The average molecular weight is 637 g/mol. The Morgan fingerprint density at radius 2 is 1.24 bits per heavy atom. The molecule has 6 aromatic carbocycles. The maximum absolute atomic E-state index is 6.95. The van der Waals surface area contributed by atoms with Crippen molar-refractivity contribution in [1.82, 2.24) is 9.55 Å². The number of nitrogens with zero attached hydrogens (tertiary/aromatic N) is 2. The smallest absolute Gasteiger partial charge is 0.150 e. The van der Waals surface area contributed by atoms with Crippen molar-refractivity contribution in [3.05, 3.63) is 145 Å². The van der Waals surface area contributed by atoms with Crippen LogP contribution in [0.1, 0.15) is 50.7 Å². The number of hydrogen-bond donors (Lipinski definition) is 0. The lowest BCUT2D eigenvalue weighted by Crippen LogP contribution is -2.08. The fourth-order valence-corrected chi connectivity index (χ4v) is 7.36. The van der Waals surface area contributed by atoms with E-state index in [4.69, 9.17) is 13.8 Å². The molecule has 49 heavy (non-hydrogen) atoms. The minimum atomic E-state index is 0.315. The summed E-state index contributed by atoms with van der Waals surface area (Å²) < 4.78 is 16.1. The Labute approximate surface area is 285 Å². The number of imidazole rings is 1. The highest BCUT2D eigenvalue weighted by molar-refractivity contribution is 6.21. The van der Waals surface area contributed by atoms with Gasteiger partial charge in [-0.2, -0.15) is 0 Å². The van der Waals surface area contributed by atoms with Gasteiger partial charge in [0.15, 0.2) is 0 Å². The fourth-order valence-electron chi connectivity index (χ4n) is 7.36. The van der Waals surface area contributed by atoms with Crippen LogP contribution in [0.5, 0.6) is 0 Å². The van der Waals surface area contributed by atoms with Crippen LogP contribution < -0.4 is 0 Å². The zero-order chi connectivity index (χ0) is 33.2. The first-order valence-electron chi connectivity index (χ1n) is 17.1. The minimum Gasteiger partial charge on any atom is -0.455 e. The van der Waals surface area contributed by atoms with Gasteiger partial charge in [0.1, 0.15) is 28.3 Å². The predicted octanol–water partition coefficient (Wildman–Crippen LogP) is 12.9. The van der Waals surface area contributed by atoms with Crippen molar-refractivity contribution in [2.75, 3.05) is 0 Å². The summed E-state index contributed by atoms with van der Waals surface area (Å²) >= 11 is 0. The summed E-state index contributed by atoms with van der Waals surface area (Å²) in [4.78, 5) is 5.39. The second kappa shape index (κ2) is 11.4. The molecule has 4 nitrogen and oxygen atoms in total. The lowest BCUT2D eigenvalue weighted by atomic mass is 9.92. The molecule has 0 radical (unpaired) electrons. The van der Waals surface area contributed by atoms with Gasteiger partial charge in [-0.15, -0.1) is 0 Å². The predicted molar refractivity (Wildman–Crippen MR) is 203 cm³/mol. The van der Waals surface area contributed by atoms with Crippen LogP contribution in [0.4, 0.5) is 0 Å². The van der Waals surface area contributed by atoms with Crippen molar-refractivity contribution < 1.29 is 8.83 Å². The Hall–Kier alpha value is -5.87. The molecule has 0 spiro atoms. The Kier molecular flexibility index (Phi) is 6.80. The molecule has 0 aliphatic heterocycles. The largest absolute Gasteiger partial charge is 0.455 e. The van der Waals surface area contributed by atoms with E-state index in [-0.39, 0.29) is 0 Å². The molecule has 9 rings (SSSR count). The van der Waals surface area contributed by atoms with Crippen molar-refractivity contribution in [3.8, 4) is 39.5 Å². The lowest BCUT2D eigenvalue weighted by molar-refractivity contribution is 0.633. The highest BCUT2D eigenvalue weighted by Gasteiger charge is 2.27. The lowest BCUT2D eigenvalue weighted by Gasteiger charge is -2.22. The van der Waals surface area contributed by atoms with Gasteiger partial charge in [0.2, 0.25) is 0 Å². The molecular weight excluding hydrogens is 601 g/mol.